The van der Waals surface area contributed by atoms with E-state index in [1.54, 1.807) is 43.2 Å². The van der Waals surface area contributed by atoms with E-state index < -0.39 is 0 Å². The molecule has 2 rings (SSSR count). The van der Waals surface area contributed by atoms with Crippen LogP contribution in [-0.2, 0) is 13.5 Å². The molecule has 0 saturated carbocycles. The minimum Gasteiger partial charge on any atom is -0.294 e. The van der Waals surface area contributed by atoms with Gasteiger partial charge in [-0.3, -0.25) is 9.48 Å². The van der Waals surface area contributed by atoms with Crippen LogP contribution in [0.1, 0.15) is 21.5 Å². The van der Waals surface area contributed by atoms with Gasteiger partial charge in [-0.2, -0.15) is 5.10 Å². The maximum absolute atomic E-state index is 13.3. The molecule has 0 aliphatic rings. The quantitative estimate of drug-likeness (QED) is 0.761. The van der Waals surface area contributed by atoms with Gasteiger partial charge >= 0.3 is 0 Å². The summed E-state index contributed by atoms with van der Waals surface area (Å²) in [5, 5.41) is 3.99. The van der Waals surface area contributed by atoms with Crippen LogP contribution in [0.3, 0.4) is 0 Å². The first-order chi connectivity index (χ1) is 8.06. The number of nitrogens with zero attached hydrogens (tertiary/aromatic N) is 2. The molecule has 0 aliphatic heterocycles. The van der Waals surface area contributed by atoms with Crippen LogP contribution in [-0.4, -0.2) is 15.6 Å². The second-order valence-electron chi connectivity index (χ2n) is 4.09. The molecule has 4 heteroatoms. The Morgan fingerprint density at radius 3 is 2.82 bits per heavy atom. The molecule has 1 aromatic carbocycles. The lowest BCUT2D eigenvalue weighted by molar-refractivity contribution is 0.0992. The maximum Gasteiger partial charge on any atom is 0.167 e. The van der Waals surface area contributed by atoms with Gasteiger partial charge in [0.05, 0.1) is 6.20 Å². The molecular weight excluding hydrogens is 219 g/mol. The summed E-state index contributed by atoms with van der Waals surface area (Å²) in [7, 11) is 1.79. The van der Waals surface area contributed by atoms with E-state index in [-0.39, 0.29) is 18.0 Å². The van der Waals surface area contributed by atoms with Crippen molar-refractivity contribution in [1.82, 2.24) is 9.78 Å². The van der Waals surface area contributed by atoms with Crippen molar-refractivity contribution in [3.05, 3.63) is 53.1 Å². The highest BCUT2D eigenvalue weighted by molar-refractivity contribution is 5.97. The van der Waals surface area contributed by atoms with Gasteiger partial charge in [-0.1, -0.05) is 12.1 Å². The molecule has 0 radical (unpaired) electrons. The average molecular weight is 232 g/mol. The van der Waals surface area contributed by atoms with Gasteiger partial charge in [0.25, 0.3) is 0 Å². The first kappa shape index (κ1) is 11.5. The van der Waals surface area contributed by atoms with E-state index in [0.29, 0.717) is 11.1 Å². The summed E-state index contributed by atoms with van der Waals surface area (Å²) in [5.41, 5.74) is 1.78. The number of hydrogen-bond acceptors (Lipinski definition) is 2. The van der Waals surface area contributed by atoms with Crippen molar-refractivity contribution < 1.29 is 9.18 Å². The number of hydrogen-bond donors (Lipinski definition) is 0. The minimum absolute atomic E-state index is 0.100. The van der Waals surface area contributed by atoms with Crippen molar-refractivity contribution in [1.29, 1.82) is 0 Å². The van der Waals surface area contributed by atoms with Gasteiger partial charge in [-0.25, -0.2) is 4.39 Å². The van der Waals surface area contributed by atoms with Crippen LogP contribution in [0.4, 0.5) is 4.39 Å². The van der Waals surface area contributed by atoms with Crippen LogP contribution in [0.25, 0.3) is 0 Å². The Hall–Kier alpha value is -1.97. The Kier molecular flexibility index (Phi) is 3.04. The number of ketones is 1. The standard InChI is InChI=1S/C13H13FN2O/c1-9-3-4-11(6-12(9)14)13(17)5-10-7-15-16(2)8-10/h3-4,6-8H,5H2,1-2H3. The number of halogens is 1. The predicted molar refractivity (Wildman–Crippen MR) is 62.4 cm³/mol. The molecule has 0 aliphatic carbocycles. The molecule has 0 fully saturated rings. The van der Waals surface area contributed by atoms with Crippen molar-refractivity contribution in [3.8, 4) is 0 Å². The summed E-state index contributed by atoms with van der Waals surface area (Å²) in [5.74, 6) is -0.445. The molecule has 17 heavy (non-hydrogen) atoms. The maximum atomic E-state index is 13.3. The van der Waals surface area contributed by atoms with Gasteiger partial charge in [0, 0.05) is 25.2 Å². The smallest absolute Gasteiger partial charge is 0.167 e. The monoisotopic (exact) mass is 232 g/mol. The van der Waals surface area contributed by atoms with Gasteiger partial charge in [0.2, 0.25) is 0 Å². The van der Waals surface area contributed by atoms with Crippen LogP contribution in [0.5, 0.6) is 0 Å². The third kappa shape index (κ3) is 2.58. The summed E-state index contributed by atoms with van der Waals surface area (Å²) < 4.78 is 15.0. The van der Waals surface area contributed by atoms with Crippen LogP contribution in [0, 0.1) is 12.7 Å². The Balaban J connectivity index is 2.17. The molecule has 0 atom stereocenters. The van der Waals surface area contributed by atoms with E-state index in [0.717, 1.165) is 5.56 Å². The Labute approximate surface area is 98.9 Å². The van der Waals surface area contributed by atoms with E-state index in [1.807, 2.05) is 0 Å². The SMILES string of the molecule is Cc1ccc(C(=O)Cc2cnn(C)c2)cc1F. The zero-order valence-corrected chi connectivity index (χ0v) is 9.77. The van der Waals surface area contributed by atoms with Crippen molar-refractivity contribution in [2.45, 2.75) is 13.3 Å². The molecule has 0 amide bonds. The van der Waals surface area contributed by atoms with E-state index in [2.05, 4.69) is 5.10 Å². The highest BCUT2D eigenvalue weighted by atomic mass is 19.1. The summed E-state index contributed by atoms with van der Waals surface area (Å²) >= 11 is 0. The zero-order valence-electron chi connectivity index (χ0n) is 9.77. The summed E-state index contributed by atoms with van der Waals surface area (Å²) in [6.45, 7) is 1.67. The first-order valence-electron chi connectivity index (χ1n) is 5.33. The average Bonchev–Trinajstić information content (AvgIpc) is 2.68. The Bertz CT molecular complexity index is 560. The Morgan fingerprint density at radius 2 is 2.24 bits per heavy atom. The lowest BCUT2D eigenvalue weighted by Gasteiger charge is -2.01. The van der Waals surface area contributed by atoms with Gasteiger partial charge < -0.3 is 0 Å². The molecule has 0 N–H and O–H groups in total. The van der Waals surface area contributed by atoms with Crippen molar-refractivity contribution in [2.24, 2.45) is 7.05 Å². The molecule has 0 spiro atoms. The molecule has 0 bridgehead atoms. The fraction of sp³-hybridized carbons (Fsp3) is 0.231. The number of benzene rings is 1. The van der Waals surface area contributed by atoms with Crippen LogP contribution < -0.4 is 0 Å². The summed E-state index contributed by atoms with van der Waals surface area (Å²) in [6, 6.07) is 4.55. The van der Waals surface area contributed by atoms with Gasteiger partial charge in [-0.05, 0) is 24.1 Å². The number of carbonyl (C=O) groups excluding carboxylic acids is 1. The third-order valence-corrected chi connectivity index (χ3v) is 2.62. The number of carbonyl (C=O) groups is 1. The topological polar surface area (TPSA) is 34.9 Å². The third-order valence-electron chi connectivity index (χ3n) is 2.62. The van der Waals surface area contributed by atoms with Gasteiger partial charge in [0.1, 0.15) is 5.82 Å². The number of aromatic nitrogens is 2. The Morgan fingerprint density at radius 1 is 1.47 bits per heavy atom. The van der Waals surface area contributed by atoms with Crippen LogP contribution >= 0.6 is 0 Å². The second-order valence-corrected chi connectivity index (χ2v) is 4.09. The number of aryl methyl sites for hydroxylation is 2. The van der Waals surface area contributed by atoms with E-state index in [1.165, 1.54) is 6.07 Å². The fourth-order valence-electron chi connectivity index (χ4n) is 1.62. The van der Waals surface area contributed by atoms with Crippen molar-refractivity contribution in [2.75, 3.05) is 0 Å². The first-order valence-corrected chi connectivity index (χ1v) is 5.33. The van der Waals surface area contributed by atoms with Crippen molar-refractivity contribution in [3.63, 3.8) is 0 Å². The lowest BCUT2D eigenvalue weighted by Crippen LogP contribution is -2.03. The van der Waals surface area contributed by atoms with Gasteiger partial charge in [0.15, 0.2) is 5.78 Å². The zero-order chi connectivity index (χ0) is 12.4. The minimum atomic E-state index is -0.345. The fourth-order valence-corrected chi connectivity index (χ4v) is 1.62. The predicted octanol–water partition coefficient (Wildman–Crippen LogP) is 2.29. The molecule has 0 unspecified atom stereocenters. The van der Waals surface area contributed by atoms with E-state index >= 15 is 0 Å². The molecule has 1 heterocycles. The normalized spacial score (nSPS) is 10.5. The highest BCUT2D eigenvalue weighted by Gasteiger charge is 2.10. The number of rotatable bonds is 3. The molecule has 0 saturated heterocycles. The largest absolute Gasteiger partial charge is 0.294 e. The van der Waals surface area contributed by atoms with Gasteiger partial charge in [-0.15, -0.1) is 0 Å². The lowest BCUT2D eigenvalue weighted by atomic mass is 10.0. The molecular formula is C13H13FN2O. The highest BCUT2D eigenvalue weighted by Crippen LogP contribution is 2.12. The molecule has 3 nitrogen and oxygen atoms in total. The number of Topliss-reactive ketones (excluding diaryl/α,β-unsaturated/α-hetero) is 1. The summed E-state index contributed by atoms with van der Waals surface area (Å²) in [6.07, 6.45) is 3.67. The summed E-state index contributed by atoms with van der Waals surface area (Å²) in [4.78, 5) is 11.9. The molecule has 2 aromatic rings. The van der Waals surface area contributed by atoms with Crippen LogP contribution in [0.15, 0.2) is 30.6 Å². The van der Waals surface area contributed by atoms with E-state index in [9.17, 15) is 9.18 Å². The molecule has 88 valence electrons. The molecule has 1 aromatic heterocycles. The second kappa shape index (κ2) is 4.49. The van der Waals surface area contributed by atoms with Crippen molar-refractivity contribution >= 4 is 5.78 Å². The van der Waals surface area contributed by atoms with Crippen LogP contribution in [0.2, 0.25) is 0 Å². The van der Waals surface area contributed by atoms with E-state index in [4.69, 9.17) is 0 Å².